The Morgan fingerprint density at radius 1 is 0.358 bits per heavy atom. The summed E-state index contributed by atoms with van der Waals surface area (Å²) in [5.41, 5.74) is 0. The van der Waals surface area contributed by atoms with Crippen LogP contribution in [0.4, 0.5) is 0 Å². The van der Waals surface area contributed by atoms with Crippen molar-refractivity contribution < 1.29 is 75.8 Å². The van der Waals surface area contributed by atoms with E-state index in [1.807, 2.05) is 0 Å². The third-order valence-corrected chi connectivity index (χ3v) is 14.8. The lowest BCUT2D eigenvalue weighted by Crippen LogP contribution is -2.30. The van der Waals surface area contributed by atoms with E-state index in [1.54, 1.807) is 0 Å². The number of phosphoric ester groups is 2. The zero-order valence-corrected chi connectivity index (χ0v) is 52.2. The van der Waals surface area contributed by atoms with Crippen molar-refractivity contribution in [3.8, 4) is 0 Å². The maximum Gasteiger partial charge on any atom is 0.472 e. The van der Waals surface area contributed by atoms with Crippen LogP contribution in [-0.4, -0.2) is 95.9 Å². The van der Waals surface area contributed by atoms with Crippen LogP contribution >= 0.6 is 15.6 Å². The second kappa shape index (κ2) is 57.4. The molecular weight excluding hydrogens is 1070 g/mol. The Morgan fingerprint density at radius 3 is 1.09 bits per heavy atom. The molecule has 0 aromatic carbocycles. The Bertz CT molecular complexity index is 1780. The lowest BCUT2D eigenvalue weighted by molar-refractivity contribution is -0.161. The minimum Gasteiger partial charge on any atom is -0.463 e. The molecule has 16 nitrogen and oxygen atoms in total. The summed E-state index contributed by atoms with van der Waals surface area (Å²) in [6.07, 6.45) is 56.9. The van der Waals surface area contributed by atoms with Crippen LogP contribution in [0.15, 0.2) is 72.9 Å². The molecule has 0 saturated heterocycles. The van der Waals surface area contributed by atoms with Crippen molar-refractivity contribution in [2.24, 2.45) is 0 Å². The first-order chi connectivity index (χ1) is 39.2. The second-order valence-electron chi connectivity index (χ2n) is 20.8. The molecule has 0 saturated carbocycles. The standard InChI is InChI=1S/C63H112O16P2/c1-4-7-10-13-16-19-22-24-25-26-27-28-29-30-31-33-36-37-40-43-46-49-61(66)73-52-58(64)53-75-80(69,70)76-54-59(65)55-77-81(71,72)78-57-60(79-63(68)51-48-45-42-39-34-21-18-15-12-9-6-3)56-74-62(67)50-47-44-41-38-35-32-23-20-17-14-11-8-5-2/h7,10,15-16,18-19,24-25,27-28,30-31,58-60,64-65H,4-6,8-9,11-14,17,20-23,26,29,32-57H2,1-3H3,(H,69,70)(H,71,72)/b10-7-,18-15-,19-16-,25-24-,28-27-,31-30-. The van der Waals surface area contributed by atoms with E-state index in [9.17, 15) is 43.5 Å². The number of unbranched alkanes of at least 4 members (excludes halogenated alkanes) is 24. The summed E-state index contributed by atoms with van der Waals surface area (Å²) in [6, 6.07) is 0. The van der Waals surface area contributed by atoms with E-state index in [0.29, 0.717) is 19.3 Å². The highest BCUT2D eigenvalue weighted by atomic mass is 31.2. The average Bonchev–Trinajstić information content (AvgIpc) is 3.45. The van der Waals surface area contributed by atoms with Gasteiger partial charge in [-0.1, -0.05) is 222 Å². The molecule has 0 aliphatic carbocycles. The third-order valence-electron chi connectivity index (χ3n) is 12.9. The first kappa shape index (κ1) is 78.0. The number of carbonyl (C=O) groups excluding carboxylic acids is 3. The molecule has 0 fully saturated rings. The molecule has 18 heteroatoms. The van der Waals surface area contributed by atoms with Crippen molar-refractivity contribution in [3.05, 3.63) is 72.9 Å². The fourth-order valence-electron chi connectivity index (χ4n) is 8.11. The van der Waals surface area contributed by atoms with Crippen molar-refractivity contribution >= 4 is 33.6 Å². The lowest BCUT2D eigenvalue weighted by atomic mass is 10.0. The molecule has 0 rings (SSSR count). The van der Waals surface area contributed by atoms with E-state index >= 15 is 0 Å². The van der Waals surface area contributed by atoms with Gasteiger partial charge in [0, 0.05) is 19.3 Å². The van der Waals surface area contributed by atoms with Crippen LogP contribution in [0.25, 0.3) is 0 Å². The summed E-state index contributed by atoms with van der Waals surface area (Å²) in [6.45, 7) is 2.47. The number of rotatable bonds is 59. The topological polar surface area (TPSA) is 231 Å². The molecule has 0 aromatic heterocycles. The fraction of sp³-hybridized carbons (Fsp3) is 0.762. The van der Waals surface area contributed by atoms with Gasteiger partial charge in [-0.25, -0.2) is 9.13 Å². The number of hydrogen-bond donors (Lipinski definition) is 4. The molecule has 0 bridgehead atoms. The minimum atomic E-state index is -4.91. The largest absolute Gasteiger partial charge is 0.472 e. The van der Waals surface area contributed by atoms with Crippen LogP contribution < -0.4 is 0 Å². The van der Waals surface area contributed by atoms with Gasteiger partial charge in [0.25, 0.3) is 0 Å². The quantitative estimate of drug-likeness (QED) is 0.0146. The van der Waals surface area contributed by atoms with Gasteiger partial charge in [0.05, 0.1) is 26.4 Å². The van der Waals surface area contributed by atoms with Gasteiger partial charge in [0.15, 0.2) is 6.10 Å². The second-order valence-corrected chi connectivity index (χ2v) is 23.7. The summed E-state index contributed by atoms with van der Waals surface area (Å²) in [5, 5.41) is 20.5. The van der Waals surface area contributed by atoms with E-state index in [-0.39, 0.29) is 19.3 Å². The molecule has 81 heavy (non-hydrogen) atoms. The van der Waals surface area contributed by atoms with Gasteiger partial charge in [0.1, 0.15) is 25.4 Å². The monoisotopic (exact) mass is 1190 g/mol. The lowest BCUT2D eigenvalue weighted by Gasteiger charge is -2.21. The van der Waals surface area contributed by atoms with Crippen LogP contribution in [-0.2, 0) is 55.8 Å². The van der Waals surface area contributed by atoms with E-state index in [1.165, 1.54) is 70.6 Å². The maximum absolute atomic E-state index is 12.8. The fourth-order valence-corrected chi connectivity index (χ4v) is 9.69. The zero-order valence-electron chi connectivity index (χ0n) is 50.4. The summed E-state index contributed by atoms with van der Waals surface area (Å²) >= 11 is 0. The predicted octanol–water partition coefficient (Wildman–Crippen LogP) is 16.4. The van der Waals surface area contributed by atoms with E-state index in [0.717, 1.165) is 122 Å². The number of allylic oxidation sites excluding steroid dienone is 12. The summed E-state index contributed by atoms with van der Waals surface area (Å²) in [5.74, 6) is -1.60. The van der Waals surface area contributed by atoms with Gasteiger partial charge in [-0.05, 0) is 83.5 Å². The average molecular weight is 1190 g/mol. The molecular formula is C63H112O16P2. The molecule has 0 amide bonds. The molecule has 0 radical (unpaired) electrons. The smallest absolute Gasteiger partial charge is 0.463 e. The number of aliphatic hydroxyl groups excluding tert-OH is 2. The molecule has 0 spiro atoms. The highest BCUT2D eigenvalue weighted by molar-refractivity contribution is 7.47. The number of esters is 3. The number of ether oxygens (including phenoxy) is 3. The maximum atomic E-state index is 12.8. The molecule has 470 valence electrons. The zero-order chi connectivity index (χ0) is 59.6. The number of hydrogen-bond acceptors (Lipinski definition) is 14. The highest BCUT2D eigenvalue weighted by Crippen LogP contribution is 2.45. The molecule has 0 heterocycles. The number of aliphatic hydroxyl groups is 2. The predicted molar refractivity (Wildman–Crippen MR) is 325 cm³/mol. The Labute approximate surface area is 490 Å². The van der Waals surface area contributed by atoms with Gasteiger partial charge in [-0.2, -0.15) is 0 Å². The molecule has 5 unspecified atom stereocenters. The molecule has 0 aliphatic heterocycles. The van der Waals surface area contributed by atoms with Crippen molar-refractivity contribution in [1.29, 1.82) is 0 Å². The Hall–Kier alpha value is -3.01. The summed E-state index contributed by atoms with van der Waals surface area (Å²) in [7, 11) is -9.76. The van der Waals surface area contributed by atoms with Crippen molar-refractivity contribution in [1.82, 2.24) is 0 Å². The van der Waals surface area contributed by atoms with E-state index < -0.39 is 91.5 Å². The van der Waals surface area contributed by atoms with Crippen LogP contribution in [0.3, 0.4) is 0 Å². The minimum absolute atomic E-state index is 0.0969. The van der Waals surface area contributed by atoms with Gasteiger partial charge in [-0.15, -0.1) is 0 Å². The summed E-state index contributed by atoms with van der Waals surface area (Å²) in [4.78, 5) is 58.1. The van der Waals surface area contributed by atoms with Crippen molar-refractivity contribution in [3.63, 3.8) is 0 Å². The highest BCUT2D eigenvalue weighted by Gasteiger charge is 2.29. The van der Waals surface area contributed by atoms with E-state index in [2.05, 4.69) is 93.7 Å². The first-order valence-electron chi connectivity index (χ1n) is 31.2. The molecule has 4 N–H and O–H groups in total. The first-order valence-corrected chi connectivity index (χ1v) is 34.2. The normalized spacial score (nSPS) is 14.9. The van der Waals surface area contributed by atoms with E-state index in [4.69, 9.17) is 32.3 Å². The van der Waals surface area contributed by atoms with Crippen molar-refractivity contribution in [2.75, 3.05) is 39.6 Å². The number of phosphoric acid groups is 2. The SMILES string of the molecule is CC/C=C\C/C=C\C/C=C\C/C=C\C/C=C\CCCCCCCC(=O)OCC(O)COP(=O)(O)OCC(O)COP(=O)(O)OCC(COC(=O)CCCCCCCCCCCCCCC)OC(=O)CCCCCCC/C=C\CCCC. The molecule has 0 aliphatic rings. The third kappa shape index (κ3) is 58.6. The number of carbonyl (C=O) groups is 3. The van der Waals surface area contributed by atoms with Gasteiger partial charge in [0.2, 0.25) is 0 Å². The van der Waals surface area contributed by atoms with Crippen LogP contribution in [0.1, 0.15) is 252 Å². The molecule has 0 aromatic rings. The van der Waals surface area contributed by atoms with Crippen LogP contribution in [0, 0.1) is 0 Å². The van der Waals surface area contributed by atoms with Crippen LogP contribution in [0.2, 0.25) is 0 Å². The van der Waals surface area contributed by atoms with Gasteiger partial charge < -0.3 is 34.2 Å². The molecule has 5 atom stereocenters. The Kier molecular flexibility index (Phi) is 55.3. The van der Waals surface area contributed by atoms with Crippen molar-refractivity contribution in [2.45, 2.75) is 270 Å². The van der Waals surface area contributed by atoms with Crippen LogP contribution in [0.5, 0.6) is 0 Å². The summed E-state index contributed by atoms with van der Waals surface area (Å²) < 4.78 is 60.6. The Balaban J connectivity index is 4.57. The van der Waals surface area contributed by atoms with Gasteiger partial charge in [-0.3, -0.25) is 32.5 Å². The Morgan fingerprint density at radius 2 is 0.667 bits per heavy atom. The van der Waals surface area contributed by atoms with Gasteiger partial charge >= 0.3 is 33.6 Å².